The van der Waals surface area contributed by atoms with Crippen molar-refractivity contribution in [1.82, 2.24) is 19.6 Å². The molecule has 1 aromatic carbocycles. The summed E-state index contributed by atoms with van der Waals surface area (Å²) in [4.78, 5) is 19.1. The van der Waals surface area contributed by atoms with Crippen LogP contribution in [0.4, 0.5) is 8.78 Å². The van der Waals surface area contributed by atoms with Crippen molar-refractivity contribution >= 4 is 11.6 Å². The number of rotatable bonds is 0. The van der Waals surface area contributed by atoms with E-state index >= 15 is 0 Å². The normalized spacial score (nSPS) is 9.83. The number of hydrogen-bond acceptors (Lipinski definition) is 5. The summed E-state index contributed by atoms with van der Waals surface area (Å²) in [7, 11) is 0. The van der Waals surface area contributed by atoms with Crippen molar-refractivity contribution < 1.29 is 73.0 Å². The summed E-state index contributed by atoms with van der Waals surface area (Å²) in [6.45, 7) is 0. The molecule has 0 aliphatic rings. The number of aromatic nitrogens is 4. The van der Waals surface area contributed by atoms with Gasteiger partial charge in [-0.3, -0.25) is 10.7 Å². The van der Waals surface area contributed by atoms with Crippen LogP contribution in [-0.4, -0.2) is 25.5 Å². The fraction of sp³-hybridized carbons (Fsp3) is 0. The Hall–Kier alpha value is -1.19. The molecular formula is C12H3F2N5Na2O2. The second-order valence-corrected chi connectivity index (χ2v) is 4.00. The Morgan fingerprint density at radius 2 is 1.78 bits per heavy atom. The molecule has 0 saturated heterocycles. The fourth-order valence-electron chi connectivity index (χ4n) is 1.89. The van der Waals surface area contributed by atoms with Crippen LogP contribution in [-0.2, 0) is 0 Å². The Labute approximate surface area is 170 Å². The van der Waals surface area contributed by atoms with E-state index in [4.69, 9.17) is 5.41 Å². The average Bonchev–Trinajstić information content (AvgIpc) is 2.89. The molecule has 0 saturated carbocycles. The summed E-state index contributed by atoms with van der Waals surface area (Å²) < 4.78 is 28.5. The van der Waals surface area contributed by atoms with Gasteiger partial charge in [-0.25, -0.2) is 13.8 Å². The van der Waals surface area contributed by atoms with Crippen LogP contribution in [0.1, 0.15) is 0 Å². The van der Waals surface area contributed by atoms with E-state index in [1.807, 2.05) is 0 Å². The van der Waals surface area contributed by atoms with Crippen molar-refractivity contribution in [3.63, 3.8) is 0 Å². The van der Waals surface area contributed by atoms with Gasteiger partial charge in [0.05, 0.1) is 10.4 Å². The van der Waals surface area contributed by atoms with Crippen LogP contribution >= 0.6 is 0 Å². The molecular weight excluding hydrogens is 330 g/mol. The fourth-order valence-corrected chi connectivity index (χ4v) is 1.89. The number of fused-ring (bicyclic) bond motifs is 1. The Morgan fingerprint density at radius 3 is 2.35 bits per heavy atom. The molecule has 0 fully saturated rings. The minimum absolute atomic E-state index is 0. The maximum atomic E-state index is 13.9. The molecule has 0 aliphatic carbocycles. The van der Waals surface area contributed by atoms with Crippen molar-refractivity contribution in [2.45, 2.75) is 0 Å². The topological polar surface area (TPSA) is 106 Å². The van der Waals surface area contributed by atoms with E-state index in [1.54, 1.807) is 5.87 Å². The molecule has 0 atom stereocenters. The molecule has 23 heavy (non-hydrogen) atoms. The Bertz CT molecular complexity index is 1090. The van der Waals surface area contributed by atoms with Crippen LogP contribution in [0.3, 0.4) is 0 Å². The second kappa shape index (κ2) is 7.59. The molecule has 0 N–H and O–H groups in total. The summed E-state index contributed by atoms with van der Waals surface area (Å²) in [5, 5.41) is 22.1. The third-order valence-corrected chi connectivity index (χ3v) is 2.77. The quantitative estimate of drug-likeness (QED) is 0.300. The van der Waals surface area contributed by atoms with Gasteiger partial charge >= 0.3 is 59.1 Å². The number of nitrogens with zero attached hydrogens (tertiary/aromatic N) is 5. The summed E-state index contributed by atoms with van der Waals surface area (Å²) in [6, 6.07) is 1.45. The van der Waals surface area contributed by atoms with Gasteiger partial charge in [0.1, 0.15) is 18.0 Å². The molecule has 0 aliphatic heterocycles. The largest absolute Gasteiger partial charge is 1.00 e. The van der Waals surface area contributed by atoms with Gasteiger partial charge < -0.3 is 10.5 Å². The Kier molecular flexibility index (Phi) is 6.55. The monoisotopic (exact) mass is 333 g/mol. The number of halogens is 2. The van der Waals surface area contributed by atoms with Gasteiger partial charge in [-0.2, -0.15) is 14.6 Å². The van der Waals surface area contributed by atoms with Gasteiger partial charge in [-0.15, -0.1) is 0 Å². The van der Waals surface area contributed by atoms with E-state index in [1.165, 1.54) is 0 Å². The van der Waals surface area contributed by atoms with Gasteiger partial charge in [-0.05, 0) is 17.4 Å². The smallest absolute Gasteiger partial charge is 0.858 e. The standard InChI is InChI=1S/C12H4F2N5O2.2Na/c13-6-1-5(3-15)2-7(14)8(6)9-10(20)18-12-16-4-17-19(12)11(9)21;;/h1-2,4H,(H,16,17,18,20);;/q-1;2*+1/p-1. The number of benzene rings is 1. The summed E-state index contributed by atoms with van der Waals surface area (Å²) >= 11 is 0. The van der Waals surface area contributed by atoms with Gasteiger partial charge in [-0.1, -0.05) is 0 Å². The predicted molar refractivity (Wildman–Crippen MR) is 63.2 cm³/mol. The van der Waals surface area contributed by atoms with Crippen LogP contribution in [0.5, 0.6) is 5.88 Å². The third-order valence-electron chi connectivity index (χ3n) is 2.77. The first kappa shape index (κ1) is 19.9. The molecule has 2 aromatic heterocycles. The second-order valence-electron chi connectivity index (χ2n) is 4.00. The molecule has 3 rings (SSSR count). The van der Waals surface area contributed by atoms with E-state index in [0.29, 0.717) is 4.52 Å². The van der Waals surface area contributed by atoms with Crippen LogP contribution in [0.2, 0.25) is 0 Å². The number of hydrogen-bond donors (Lipinski definition) is 0. The molecule has 7 nitrogen and oxygen atoms in total. The molecule has 11 heteroatoms. The first-order valence-corrected chi connectivity index (χ1v) is 5.50. The first-order chi connectivity index (χ1) is 10.0. The maximum absolute atomic E-state index is 13.9. The van der Waals surface area contributed by atoms with E-state index < -0.39 is 33.5 Å². The molecule has 0 radical (unpaired) electrons. The average molecular weight is 333 g/mol. The molecule has 0 unspecified atom stereocenters. The molecule has 104 valence electrons. The Morgan fingerprint density at radius 1 is 1.17 bits per heavy atom. The van der Waals surface area contributed by atoms with E-state index in [-0.39, 0.29) is 70.1 Å². The van der Waals surface area contributed by atoms with Crippen molar-refractivity contribution in [2.24, 2.45) is 0 Å². The van der Waals surface area contributed by atoms with E-state index in [9.17, 15) is 18.7 Å². The van der Waals surface area contributed by atoms with E-state index in [0.717, 1.165) is 18.5 Å². The van der Waals surface area contributed by atoms with Crippen molar-refractivity contribution in [3.8, 4) is 5.88 Å². The first-order valence-electron chi connectivity index (χ1n) is 5.50. The minimum atomic E-state index is -1.21. The van der Waals surface area contributed by atoms with Gasteiger partial charge in [0.15, 0.2) is 0 Å². The Balaban J connectivity index is 0.00000132. The van der Waals surface area contributed by atoms with Crippen LogP contribution in [0, 0.1) is 22.1 Å². The van der Waals surface area contributed by atoms with Crippen LogP contribution < -0.4 is 75.0 Å². The molecule has 0 spiro atoms. The summed E-state index contributed by atoms with van der Waals surface area (Å²) in [5.41, 5.74) is -1.04. The SMILES string of the molecule is [N-]=C=c1cc(F)c(=c2c([O-])nc3ncnn3c2=O)c(F)c1.[Na+].[Na+]. The summed E-state index contributed by atoms with van der Waals surface area (Å²) in [6.07, 6.45) is 0.985. The van der Waals surface area contributed by atoms with Gasteiger partial charge in [0, 0.05) is 5.88 Å². The molecule has 2 heterocycles. The maximum Gasteiger partial charge on any atom is 1.00 e. The predicted octanol–water partition coefficient (Wildman–Crippen LogP) is -7.24. The van der Waals surface area contributed by atoms with Crippen molar-refractivity contribution in [1.29, 1.82) is 0 Å². The third kappa shape index (κ3) is 3.36. The van der Waals surface area contributed by atoms with Crippen LogP contribution in [0.25, 0.3) is 11.2 Å². The minimum Gasteiger partial charge on any atom is -0.858 e. The van der Waals surface area contributed by atoms with Gasteiger partial charge in [0.25, 0.3) is 11.3 Å². The molecule has 0 bridgehead atoms. The van der Waals surface area contributed by atoms with Crippen molar-refractivity contribution in [3.05, 3.63) is 61.5 Å². The zero-order valence-electron chi connectivity index (χ0n) is 12.0. The molecule has 3 aromatic rings. The van der Waals surface area contributed by atoms with E-state index in [2.05, 4.69) is 15.1 Å². The van der Waals surface area contributed by atoms with Crippen molar-refractivity contribution in [2.75, 3.05) is 0 Å². The van der Waals surface area contributed by atoms with Gasteiger partial charge in [0.2, 0.25) is 0 Å². The summed E-state index contributed by atoms with van der Waals surface area (Å²) in [5.74, 6) is -2.23. The molecule has 0 amide bonds. The van der Waals surface area contributed by atoms with Crippen LogP contribution in [0.15, 0.2) is 23.3 Å². The zero-order chi connectivity index (χ0) is 15.1. The zero-order valence-corrected chi connectivity index (χ0v) is 16.0.